The normalized spacial score (nSPS) is 9.00. The maximum absolute atomic E-state index is 2.21. The third kappa shape index (κ3) is 400. The molecule has 0 aromatic rings. The molecule has 0 heterocycles. The molecule has 1 rings (SSSR count). The summed E-state index contributed by atoms with van der Waals surface area (Å²) in [4.78, 5) is 0. The lowest BCUT2D eigenvalue weighted by Crippen LogP contribution is -1.59. The van der Waals surface area contributed by atoms with Crippen molar-refractivity contribution in [1.29, 1.82) is 0 Å². The van der Waals surface area contributed by atoms with E-state index in [9.17, 15) is 0 Å². The van der Waals surface area contributed by atoms with Crippen LogP contribution in [0.15, 0.2) is 0 Å². The monoisotopic (exact) mass is 262 g/mol. The Morgan fingerprint density at radius 1 is 0.500 bits per heavy atom. The highest BCUT2D eigenvalue weighted by Gasteiger charge is 1.95. The van der Waals surface area contributed by atoms with Gasteiger partial charge in [-0.15, -0.1) is 0 Å². The highest BCUT2D eigenvalue weighted by Crippen LogP contribution is 2.14. The molecule has 118 valence electrons. The second-order valence-corrected chi connectivity index (χ2v) is 3.83. The van der Waals surface area contributed by atoms with Crippen LogP contribution in [0.4, 0.5) is 0 Å². The molecule has 0 amide bonds. The summed E-state index contributed by atoms with van der Waals surface area (Å²) in [5, 5.41) is 0. The van der Waals surface area contributed by atoms with Gasteiger partial charge in [0.05, 0.1) is 0 Å². The molecule has 0 nitrogen and oxygen atoms in total. The van der Waals surface area contributed by atoms with Gasteiger partial charge in [-0.3, -0.25) is 0 Å². The van der Waals surface area contributed by atoms with E-state index >= 15 is 0 Å². The molecule has 1 aliphatic carbocycles. The van der Waals surface area contributed by atoms with E-state index in [-0.39, 0.29) is 0 Å². The first-order valence-electron chi connectivity index (χ1n) is 8.74. The minimum absolute atomic E-state index is 1.25. The summed E-state index contributed by atoms with van der Waals surface area (Å²) < 4.78 is 0. The number of unbranched alkanes of at least 4 members (excludes halogenated alkanes) is 2. The summed E-state index contributed by atoms with van der Waals surface area (Å²) in [6.07, 6.45) is 11.1. The zero-order valence-corrected chi connectivity index (χ0v) is 15.7. The molecule has 1 fully saturated rings. The smallest absolute Gasteiger partial charge is 0.0533 e. The minimum Gasteiger partial charge on any atom is -0.0683 e. The fraction of sp³-hybridized carbons (Fsp3) is 1.00. The van der Waals surface area contributed by atoms with Gasteiger partial charge in [-0.05, 0) is 0 Å². The standard InChI is InChI=1S/C5H12.C3H6.2C3H8.2C2H6/c1-3-5-4-2;1-2-3-1;2*1-3-2;2*1-2/h3-5H2,1-2H3;1-3H2;2*3H2,1-2H3;2*1-2H3. The van der Waals surface area contributed by atoms with Gasteiger partial charge < -0.3 is 0 Å². The molecule has 0 unspecified atom stereocenters. The molecule has 0 bridgehead atoms. The summed E-state index contributed by atoms with van der Waals surface area (Å²) in [7, 11) is 0. The lowest BCUT2D eigenvalue weighted by atomic mass is 10.3. The van der Waals surface area contributed by atoms with Crippen LogP contribution in [0.2, 0.25) is 0 Å². The first-order valence-corrected chi connectivity index (χ1v) is 8.74. The molecule has 1 aliphatic rings. The van der Waals surface area contributed by atoms with Crippen molar-refractivity contribution in [3.8, 4) is 0 Å². The van der Waals surface area contributed by atoms with Crippen LogP contribution in [0.25, 0.3) is 0 Å². The van der Waals surface area contributed by atoms with Gasteiger partial charge in [0.1, 0.15) is 0 Å². The predicted molar refractivity (Wildman–Crippen MR) is 93.7 cm³/mol. The topological polar surface area (TPSA) is 0 Å². The van der Waals surface area contributed by atoms with Gasteiger partial charge in [0.25, 0.3) is 0 Å². The summed E-state index contributed by atoms with van der Waals surface area (Å²) >= 11 is 0. The van der Waals surface area contributed by atoms with E-state index < -0.39 is 0 Å². The molecule has 0 saturated heterocycles. The molecule has 0 heteroatoms. The molecule has 0 aromatic heterocycles. The van der Waals surface area contributed by atoms with Crippen molar-refractivity contribution in [2.24, 2.45) is 0 Å². The molecule has 0 aromatic carbocycles. The Labute approximate surface area is 121 Å². The van der Waals surface area contributed by atoms with E-state index in [0.29, 0.717) is 0 Å². The Kier molecular flexibility index (Phi) is 116. The zero-order valence-electron chi connectivity index (χ0n) is 15.7. The lowest BCUT2D eigenvalue weighted by Gasteiger charge is -1.79. The predicted octanol–water partition coefficient (Wildman–Crippen LogP) is 8.25. The Morgan fingerprint density at radius 2 is 0.667 bits per heavy atom. The third-order valence-electron chi connectivity index (χ3n) is 1.06. The Hall–Kier alpha value is 0. The summed E-state index contributed by atoms with van der Waals surface area (Å²) in [6, 6.07) is 0. The van der Waals surface area contributed by atoms with E-state index in [4.69, 9.17) is 0 Å². The molecule has 18 heavy (non-hydrogen) atoms. The number of rotatable bonds is 2. The highest BCUT2D eigenvalue weighted by atomic mass is 14.0. The van der Waals surface area contributed by atoms with Gasteiger partial charge in [-0.2, -0.15) is 0 Å². The lowest BCUT2D eigenvalue weighted by molar-refractivity contribution is 0.772. The van der Waals surface area contributed by atoms with Crippen molar-refractivity contribution in [1.82, 2.24) is 0 Å². The fourth-order valence-corrected chi connectivity index (χ4v) is 0.354. The second kappa shape index (κ2) is 68.0. The first kappa shape index (κ1) is 30.8. The molecule has 0 radical (unpaired) electrons. The van der Waals surface area contributed by atoms with Crippen molar-refractivity contribution in [3.05, 3.63) is 0 Å². The fourth-order valence-electron chi connectivity index (χ4n) is 0.354. The van der Waals surface area contributed by atoms with Crippen molar-refractivity contribution < 1.29 is 0 Å². The van der Waals surface area contributed by atoms with Gasteiger partial charge >= 0.3 is 0 Å². The van der Waals surface area contributed by atoms with Gasteiger partial charge in [0.15, 0.2) is 0 Å². The molecule has 0 atom stereocenters. The van der Waals surface area contributed by atoms with Crippen LogP contribution in [-0.4, -0.2) is 0 Å². The van der Waals surface area contributed by atoms with Gasteiger partial charge in [0, 0.05) is 0 Å². The molecule has 0 N–H and O–H groups in total. The van der Waals surface area contributed by atoms with Crippen LogP contribution in [0.1, 0.15) is 121 Å². The molecule has 1 saturated carbocycles. The first-order chi connectivity index (χ1) is 8.74. The second-order valence-electron chi connectivity index (χ2n) is 3.83. The van der Waals surface area contributed by atoms with Crippen LogP contribution in [0.3, 0.4) is 0 Å². The number of hydrogen-bond donors (Lipinski definition) is 0. The largest absolute Gasteiger partial charge is 0.0683 e. The van der Waals surface area contributed by atoms with E-state index in [0.717, 1.165) is 0 Å². The van der Waals surface area contributed by atoms with E-state index in [1.54, 1.807) is 0 Å². The maximum Gasteiger partial charge on any atom is -0.0533 e. The van der Waals surface area contributed by atoms with Crippen LogP contribution >= 0.6 is 0 Å². The van der Waals surface area contributed by atoms with Crippen molar-refractivity contribution in [2.45, 2.75) is 121 Å². The summed E-state index contributed by atoms with van der Waals surface area (Å²) in [5.74, 6) is 0. The van der Waals surface area contributed by atoms with E-state index in [2.05, 4.69) is 41.5 Å². The SMILES string of the molecule is C1CC1.CC.CC.CCC.CCC.CCCCC. The zero-order chi connectivity index (χ0) is 15.7. The molecular formula is C18H46. The Morgan fingerprint density at radius 3 is 0.667 bits per heavy atom. The molecule has 0 aliphatic heterocycles. The van der Waals surface area contributed by atoms with Gasteiger partial charge in [-0.1, -0.05) is 121 Å². The maximum atomic E-state index is 2.21. The quantitative estimate of drug-likeness (QED) is 0.470. The van der Waals surface area contributed by atoms with Crippen LogP contribution in [0.5, 0.6) is 0 Å². The Bertz CT molecular complexity index is 39.2. The van der Waals surface area contributed by atoms with Crippen molar-refractivity contribution in [2.75, 3.05) is 0 Å². The van der Waals surface area contributed by atoms with E-state index in [1.807, 2.05) is 27.7 Å². The van der Waals surface area contributed by atoms with Crippen LogP contribution < -0.4 is 0 Å². The van der Waals surface area contributed by atoms with Crippen molar-refractivity contribution >= 4 is 0 Å². The van der Waals surface area contributed by atoms with Gasteiger partial charge in [-0.25, -0.2) is 0 Å². The summed E-state index contributed by atoms with van der Waals surface area (Å²) in [6.45, 7) is 20.9. The van der Waals surface area contributed by atoms with E-state index in [1.165, 1.54) is 51.4 Å². The van der Waals surface area contributed by atoms with Crippen molar-refractivity contribution in [3.63, 3.8) is 0 Å². The molecule has 0 spiro atoms. The number of hydrogen-bond acceptors (Lipinski definition) is 0. The van der Waals surface area contributed by atoms with Gasteiger partial charge in [0.2, 0.25) is 0 Å². The third-order valence-corrected chi connectivity index (χ3v) is 1.06. The van der Waals surface area contributed by atoms with Crippen LogP contribution in [0, 0.1) is 0 Å². The average molecular weight is 263 g/mol. The van der Waals surface area contributed by atoms with Crippen LogP contribution in [-0.2, 0) is 0 Å². The minimum atomic E-state index is 1.25. The highest BCUT2D eigenvalue weighted by molar-refractivity contribution is 4.50. The molecular weight excluding hydrogens is 216 g/mol. The average Bonchev–Trinajstić information content (AvgIpc) is 3.25. The summed E-state index contributed by atoms with van der Waals surface area (Å²) in [5.41, 5.74) is 0. The Balaban J connectivity index is -0.0000000390.